The van der Waals surface area contributed by atoms with Gasteiger partial charge in [0.2, 0.25) is 5.41 Å². The fourth-order valence-electron chi connectivity index (χ4n) is 3.23. The van der Waals surface area contributed by atoms with E-state index in [4.69, 9.17) is 0 Å². The van der Waals surface area contributed by atoms with E-state index in [1.54, 1.807) is 30.3 Å². The maximum atomic E-state index is 14.0. The predicted molar refractivity (Wildman–Crippen MR) is 91.2 cm³/mol. The van der Waals surface area contributed by atoms with Gasteiger partial charge in [0.05, 0.1) is 0 Å². The number of halogens is 7. The Bertz CT molecular complexity index is 908. The molecule has 3 rings (SSSR count). The van der Waals surface area contributed by atoms with E-state index in [9.17, 15) is 30.7 Å². The highest BCUT2D eigenvalue weighted by Crippen LogP contribution is 2.56. The number of alkyl halides is 6. The zero-order valence-electron chi connectivity index (χ0n) is 14.2. The van der Waals surface area contributed by atoms with E-state index in [2.05, 4.69) is 0 Å². The second kappa shape index (κ2) is 6.96. The standard InChI is InChI=1S/C21H13F7/c22-18-12-10-17(11-13-18)19(20(23,24)25,21(26,27)28)16-8-6-15(7-9-16)14-4-2-1-3-5-14/h1-13H. The van der Waals surface area contributed by atoms with Crippen LogP contribution in [-0.4, -0.2) is 12.4 Å². The van der Waals surface area contributed by atoms with Gasteiger partial charge >= 0.3 is 12.4 Å². The number of hydrogen-bond acceptors (Lipinski definition) is 0. The van der Waals surface area contributed by atoms with E-state index in [1.807, 2.05) is 0 Å². The number of hydrogen-bond donors (Lipinski definition) is 0. The van der Waals surface area contributed by atoms with Crippen molar-refractivity contribution in [1.29, 1.82) is 0 Å². The lowest BCUT2D eigenvalue weighted by Gasteiger charge is -2.38. The highest BCUT2D eigenvalue weighted by Gasteiger charge is 2.72. The number of benzene rings is 3. The highest BCUT2D eigenvalue weighted by atomic mass is 19.4. The summed E-state index contributed by atoms with van der Waals surface area (Å²) in [5.41, 5.74) is -5.23. The van der Waals surface area contributed by atoms with Crippen molar-refractivity contribution in [2.24, 2.45) is 0 Å². The topological polar surface area (TPSA) is 0 Å². The Labute approximate surface area is 156 Å². The molecule has 0 fully saturated rings. The minimum absolute atomic E-state index is 0.474. The lowest BCUT2D eigenvalue weighted by molar-refractivity contribution is -0.288. The molecule has 0 atom stereocenters. The Balaban J connectivity index is 2.23. The van der Waals surface area contributed by atoms with Crippen LogP contribution in [0.5, 0.6) is 0 Å². The van der Waals surface area contributed by atoms with Crippen molar-refractivity contribution in [1.82, 2.24) is 0 Å². The van der Waals surface area contributed by atoms with Gasteiger partial charge in [-0.15, -0.1) is 0 Å². The SMILES string of the molecule is Fc1ccc(C(c2ccc(-c3ccccc3)cc2)(C(F)(F)F)C(F)(F)F)cc1. The summed E-state index contributed by atoms with van der Waals surface area (Å²) in [6, 6.07) is 14.8. The molecule has 146 valence electrons. The van der Waals surface area contributed by atoms with Crippen molar-refractivity contribution in [3.63, 3.8) is 0 Å². The van der Waals surface area contributed by atoms with Crippen LogP contribution in [0.4, 0.5) is 30.7 Å². The van der Waals surface area contributed by atoms with E-state index in [0.717, 1.165) is 12.1 Å². The summed E-state index contributed by atoms with van der Waals surface area (Å²) < 4.78 is 96.9. The van der Waals surface area contributed by atoms with Crippen LogP contribution in [0.25, 0.3) is 11.1 Å². The first kappa shape index (κ1) is 19.9. The van der Waals surface area contributed by atoms with Gasteiger partial charge in [-0.3, -0.25) is 0 Å². The smallest absolute Gasteiger partial charge is 0.207 e. The van der Waals surface area contributed by atoms with Gasteiger partial charge in [-0.2, -0.15) is 26.3 Å². The van der Waals surface area contributed by atoms with Gasteiger partial charge in [0, 0.05) is 0 Å². The molecule has 0 bridgehead atoms. The predicted octanol–water partition coefficient (Wildman–Crippen LogP) is 6.90. The maximum absolute atomic E-state index is 14.0. The summed E-state index contributed by atoms with van der Waals surface area (Å²) in [7, 11) is 0. The van der Waals surface area contributed by atoms with Gasteiger partial charge in [0.25, 0.3) is 0 Å². The molecule has 0 heterocycles. The second-order valence-electron chi connectivity index (χ2n) is 6.20. The van der Waals surface area contributed by atoms with Crippen LogP contribution in [-0.2, 0) is 5.41 Å². The van der Waals surface area contributed by atoms with Crippen molar-refractivity contribution >= 4 is 0 Å². The van der Waals surface area contributed by atoms with E-state index >= 15 is 0 Å². The molecule has 0 unspecified atom stereocenters. The fraction of sp³-hybridized carbons (Fsp3) is 0.143. The van der Waals surface area contributed by atoms with Crippen LogP contribution < -0.4 is 0 Å². The first-order chi connectivity index (χ1) is 13.1. The quantitative estimate of drug-likeness (QED) is 0.421. The molecule has 0 N–H and O–H groups in total. The Morgan fingerprint density at radius 1 is 0.464 bits per heavy atom. The lowest BCUT2D eigenvalue weighted by atomic mass is 9.72. The first-order valence-corrected chi connectivity index (χ1v) is 8.13. The highest BCUT2D eigenvalue weighted by molar-refractivity contribution is 5.64. The van der Waals surface area contributed by atoms with Crippen molar-refractivity contribution < 1.29 is 30.7 Å². The first-order valence-electron chi connectivity index (χ1n) is 8.13. The van der Waals surface area contributed by atoms with Crippen molar-refractivity contribution in [3.05, 3.63) is 95.8 Å². The molecule has 0 aromatic heterocycles. The molecular formula is C21H13F7. The van der Waals surface area contributed by atoms with Crippen LogP contribution in [0, 0.1) is 5.82 Å². The van der Waals surface area contributed by atoms with Gasteiger partial charge in [-0.1, -0.05) is 66.7 Å². The summed E-state index contributed by atoms with van der Waals surface area (Å²) in [5.74, 6) is -0.929. The molecule has 0 nitrogen and oxygen atoms in total. The van der Waals surface area contributed by atoms with Gasteiger partial charge < -0.3 is 0 Å². The molecule has 0 spiro atoms. The summed E-state index contributed by atoms with van der Waals surface area (Å²) in [6.07, 6.45) is -11.4. The van der Waals surface area contributed by atoms with Crippen molar-refractivity contribution in [2.75, 3.05) is 0 Å². The molecule has 0 saturated carbocycles. The molecule has 3 aromatic rings. The van der Waals surface area contributed by atoms with E-state index < -0.39 is 34.7 Å². The third-order valence-corrected chi connectivity index (χ3v) is 4.55. The normalized spacial score (nSPS) is 12.8. The van der Waals surface area contributed by atoms with Crippen LogP contribution in [0.15, 0.2) is 78.9 Å². The zero-order chi connectivity index (χ0) is 20.6. The summed E-state index contributed by atoms with van der Waals surface area (Å²) in [6.45, 7) is 0. The van der Waals surface area contributed by atoms with E-state index in [1.165, 1.54) is 12.1 Å². The average Bonchev–Trinajstić information content (AvgIpc) is 2.63. The average molecular weight is 398 g/mol. The fourth-order valence-corrected chi connectivity index (χ4v) is 3.23. The van der Waals surface area contributed by atoms with Crippen LogP contribution in [0.3, 0.4) is 0 Å². The van der Waals surface area contributed by atoms with Crippen LogP contribution >= 0.6 is 0 Å². The molecule has 0 saturated heterocycles. The molecule has 0 aliphatic heterocycles. The molecule has 0 radical (unpaired) electrons. The van der Waals surface area contributed by atoms with Gasteiger partial charge in [-0.05, 0) is 34.4 Å². The summed E-state index contributed by atoms with van der Waals surface area (Å²) >= 11 is 0. The maximum Gasteiger partial charge on any atom is 0.411 e. The molecule has 0 amide bonds. The third-order valence-electron chi connectivity index (χ3n) is 4.55. The molecular weight excluding hydrogens is 385 g/mol. The summed E-state index contributed by atoms with van der Waals surface area (Å²) in [4.78, 5) is 0. The van der Waals surface area contributed by atoms with Crippen LogP contribution in [0.1, 0.15) is 11.1 Å². The number of rotatable bonds is 3. The molecule has 0 aliphatic rings. The Morgan fingerprint density at radius 3 is 1.29 bits per heavy atom. The largest absolute Gasteiger partial charge is 0.411 e. The van der Waals surface area contributed by atoms with Gasteiger partial charge in [-0.25, -0.2) is 4.39 Å². The monoisotopic (exact) mass is 398 g/mol. The minimum Gasteiger partial charge on any atom is -0.207 e. The van der Waals surface area contributed by atoms with Gasteiger partial charge in [0.15, 0.2) is 0 Å². The Kier molecular flexibility index (Phi) is 4.95. The van der Waals surface area contributed by atoms with E-state index in [-0.39, 0.29) is 0 Å². The Morgan fingerprint density at radius 2 is 0.857 bits per heavy atom. The second-order valence-corrected chi connectivity index (χ2v) is 6.20. The third kappa shape index (κ3) is 3.25. The molecule has 0 aliphatic carbocycles. The minimum atomic E-state index is -5.70. The lowest BCUT2D eigenvalue weighted by Crippen LogP contribution is -2.54. The zero-order valence-corrected chi connectivity index (χ0v) is 14.2. The van der Waals surface area contributed by atoms with Gasteiger partial charge in [0.1, 0.15) is 5.82 Å². The summed E-state index contributed by atoms with van der Waals surface area (Å²) in [5, 5.41) is 0. The van der Waals surface area contributed by atoms with E-state index in [0.29, 0.717) is 35.4 Å². The Hall–Kier alpha value is -2.83. The molecule has 7 heteroatoms. The molecule has 28 heavy (non-hydrogen) atoms. The van der Waals surface area contributed by atoms with Crippen molar-refractivity contribution in [3.8, 4) is 11.1 Å². The van der Waals surface area contributed by atoms with Crippen LogP contribution in [0.2, 0.25) is 0 Å². The molecule has 3 aromatic carbocycles. The van der Waals surface area contributed by atoms with Crippen molar-refractivity contribution in [2.45, 2.75) is 17.8 Å².